The smallest absolute Gasteiger partial charge is 0.252 e. The predicted molar refractivity (Wildman–Crippen MR) is 144 cm³/mol. The van der Waals surface area contributed by atoms with Crippen molar-refractivity contribution < 1.29 is 9.59 Å². The number of carbonyl (C=O) groups excluding carboxylic acids is 2. The SMILES string of the molecule is CC[C@@H](C)[C@@H]1N=C(c2ccccc2Cl)c2cc(Cl)ccc2N(CC(=O)Nc2ccc(C)cc2)C1=O. The van der Waals surface area contributed by atoms with Gasteiger partial charge in [-0.25, -0.2) is 0 Å². The second kappa shape index (κ2) is 10.6. The van der Waals surface area contributed by atoms with E-state index in [1.165, 1.54) is 4.90 Å². The Morgan fingerprint density at radius 2 is 1.77 bits per heavy atom. The largest absolute Gasteiger partial charge is 0.325 e. The highest BCUT2D eigenvalue weighted by Crippen LogP contribution is 2.34. The molecule has 4 rings (SSSR count). The van der Waals surface area contributed by atoms with Gasteiger partial charge in [0.25, 0.3) is 5.91 Å². The van der Waals surface area contributed by atoms with E-state index in [0.717, 1.165) is 12.0 Å². The molecule has 0 aromatic heterocycles. The quantitative estimate of drug-likeness (QED) is 0.411. The van der Waals surface area contributed by atoms with E-state index in [2.05, 4.69) is 5.32 Å². The van der Waals surface area contributed by atoms with Gasteiger partial charge in [0, 0.05) is 26.9 Å². The Balaban J connectivity index is 1.80. The summed E-state index contributed by atoms with van der Waals surface area (Å²) in [5, 5.41) is 3.92. The fourth-order valence-corrected chi connectivity index (χ4v) is 4.48. The summed E-state index contributed by atoms with van der Waals surface area (Å²) in [4.78, 5) is 33.4. The van der Waals surface area contributed by atoms with Gasteiger partial charge in [0.2, 0.25) is 5.91 Å². The van der Waals surface area contributed by atoms with E-state index in [0.29, 0.717) is 38.3 Å². The molecule has 1 heterocycles. The number of benzene rings is 3. The first kappa shape index (κ1) is 25.0. The summed E-state index contributed by atoms with van der Waals surface area (Å²) in [7, 11) is 0. The molecule has 3 aromatic rings. The van der Waals surface area contributed by atoms with Crippen molar-refractivity contribution in [2.45, 2.75) is 33.2 Å². The van der Waals surface area contributed by atoms with Crippen LogP contribution in [0.4, 0.5) is 11.4 Å². The van der Waals surface area contributed by atoms with Crippen LogP contribution in [0.2, 0.25) is 10.0 Å². The molecule has 0 saturated carbocycles. The van der Waals surface area contributed by atoms with Gasteiger partial charge in [-0.2, -0.15) is 0 Å². The van der Waals surface area contributed by atoms with Crippen LogP contribution in [0.1, 0.15) is 37.0 Å². The predicted octanol–water partition coefficient (Wildman–Crippen LogP) is 6.54. The second-order valence-electron chi connectivity index (χ2n) is 8.79. The Bertz CT molecular complexity index is 1290. The van der Waals surface area contributed by atoms with Crippen molar-refractivity contribution in [2.24, 2.45) is 10.9 Å². The molecule has 3 aromatic carbocycles. The summed E-state index contributed by atoms with van der Waals surface area (Å²) in [6.45, 7) is 5.84. The van der Waals surface area contributed by atoms with E-state index in [1.54, 1.807) is 24.3 Å². The summed E-state index contributed by atoms with van der Waals surface area (Å²) in [5.41, 5.74) is 4.30. The minimum Gasteiger partial charge on any atom is -0.325 e. The number of hydrogen-bond acceptors (Lipinski definition) is 3. The van der Waals surface area contributed by atoms with E-state index in [1.807, 2.05) is 63.2 Å². The highest BCUT2D eigenvalue weighted by molar-refractivity contribution is 6.37. The highest BCUT2D eigenvalue weighted by Gasteiger charge is 2.36. The molecule has 35 heavy (non-hydrogen) atoms. The van der Waals surface area contributed by atoms with Crippen LogP contribution in [0.15, 0.2) is 71.7 Å². The third kappa shape index (κ3) is 5.42. The number of amides is 2. The summed E-state index contributed by atoms with van der Waals surface area (Å²) < 4.78 is 0. The maximum Gasteiger partial charge on any atom is 0.252 e. The van der Waals surface area contributed by atoms with Gasteiger partial charge in [-0.1, -0.05) is 79.4 Å². The molecule has 1 aliphatic heterocycles. The van der Waals surface area contributed by atoms with Gasteiger partial charge >= 0.3 is 0 Å². The zero-order valence-electron chi connectivity index (χ0n) is 19.9. The fourth-order valence-electron chi connectivity index (χ4n) is 4.08. The number of aliphatic imine (C=N–C) groups is 1. The summed E-state index contributed by atoms with van der Waals surface area (Å²) in [6.07, 6.45) is 0.746. The number of halogens is 2. The lowest BCUT2D eigenvalue weighted by molar-refractivity contribution is -0.123. The van der Waals surface area contributed by atoms with Crippen LogP contribution < -0.4 is 10.2 Å². The van der Waals surface area contributed by atoms with Crippen LogP contribution in [0.5, 0.6) is 0 Å². The maximum atomic E-state index is 13.9. The van der Waals surface area contributed by atoms with Crippen molar-refractivity contribution in [1.29, 1.82) is 0 Å². The third-order valence-corrected chi connectivity index (χ3v) is 6.81. The van der Waals surface area contributed by atoms with Crippen molar-refractivity contribution in [2.75, 3.05) is 16.8 Å². The monoisotopic (exact) mass is 507 g/mol. The topological polar surface area (TPSA) is 61.8 Å². The molecule has 1 N–H and O–H groups in total. The fraction of sp³-hybridized carbons (Fsp3) is 0.250. The number of aryl methyl sites for hydroxylation is 1. The van der Waals surface area contributed by atoms with E-state index in [9.17, 15) is 9.59 Å². The van der Waals surface area contributed by atoms with Crippen LogP contribution in [0.25, 0.3) is 0 Å². The molecular formula is C28H27Cl2N3O2. The van der Waals surface area contributed by atoms with Crippen molar-refractivity contribution in [3.8, 4) is 0 Å². The lowest BCUT2D eigenvalue weighted by Crippen LogP contribution is -2.44. The average molecular weight is 508 g/mol. The molecular weight excluding hydrogens is 481 g/mol. The minimum atomic E-state index is -0.676. The maximum absolute atomic E-state index is 13.9. The molecule has 0 fully saturated rings. The van der Waals surface area contributed by atoms with Crippen molar-refractivity contribution in [3.63, 3.8) is 0 Å². The molecule has 0 spiro atoms. The van der Waals surface area contributed by atoms with Gasteiger partial charge in [0.15, 0.2) is 0 Å². The summed E-state index contributed by atoms with van der Waals surface area (Å²) in [5.74, 6) is -0.580. The number of hydrogen-bond donors (Lipinski definition) is 1. The molecule has 0 unspecified atom stereocenters. The average Bonchev–Trinajstić information content (AvgIpc) is 2.95. The summed E-state index contributed by atoms with van der Waals surface area (Å²) >= 11 is 12.9. The van der Waals surface area contributed by atoms with Crippen LogP contribution in [0.3, 0.4) is 0 Å². The molecule has 2 atom stereocenters. The van der Waals surface area contributed by atoms with Crippen molar-refractivity contribution in [1.82, 2.24) is 0 Å². The van der Waals surface area contributed by atoms with Crippen molar-refractivity contribution >= 4 is 52.1 Å². The van der Waals surface area contributed by atoms with E-state index < -0.39 is 6.04 Å². The Morgan fingerprint density at radius 1 is 1.06 bits per heavy atom. The highest BCUT2D eigenvalue weighted by atomic mass is 35.5. The third-order valence-electron chi connectivity index (χ3n) is 6.24. The number of fused-ring (bicyclic) bond motifs is 1. The van der Waals surface area contributed by atoms with E-state index >= 15 is 0 Å². The number of carbonyl (C=O) groups is 2. The molecule has 0 aliphatic carbocycles. The van der Waals surface area contributed by atoms with E-state index in [4.69, 9.17) is 28.2 Å². The number of anilines is 2. The Labute approximate surface area is 215 Å². The number of rotatable bonds is 6. The second-order valence-corrected chi connectivity index (χ2v) is 9.63. The van der Waals surface area contributed by atoms with Gasteiger partial charge in [-0.15, -0.1) is 0 Å². The molecule has 7 heteroatoms. The van der Waals surface area contributed by atoms with Gasteiger partial charge in [-0.05, 0) is 49.2 Å². The van der Waals surface area contributed by atoms with E-state index in [-0.39, 0.29) is 24.3 Å². The number of nitrogens with zero attached hydrogens (tertiary/aromatic N) is 2. The van der Waals surface area contributed by atoms with Crippen LogP contribution in [-0.4, -0.2) is 30.1 Å². The zero-order valence-corrected chi connectivity index (χ0v) is 21.4. The summed E-state index contributed by atoms with van der Waals surface area (Å²) in [6, 6.07) is 19.5. The van der Waals surface area contributed by atoms with Crippen LogP contribution in [-0.2, 0) is 9.59 Å². The lowest BCUT2D eigenvalue weighted by Gasteiger charge is -2.26. The van der Waals surface area contributed by atoms with Crippen molar-refractivity contribution in [3.05, 3.63) is 93.5 Å². The lowest BCUT2D eigenvalue weighted by atomic mass is 9.97. The van der Waals surface area contributed by atoms with Crippen LogP contribution >= 0.6 is 23.2 Å². The number of nitrogens with one attached hydrogen (secondary N) is 1. The number of benzodiazepines with no additional fused rings is 1. The van der Waals surface area contributed by atoms with Gasteiger partial charge in [-0.3, -0.25) is 14.6 Å². The molecule has 0 bridgehead atoms. The molecule has 5 nitrogen and oxygen atoms in total. The molecule has 2 amide bonds. The first-order valence-electron chi connectivity index (χ1n) is 11.6. The Morgan fingerprint density at radius 3 is 2.46 bits per heavy atom. The molecule has 1 aliphatic rings. The molecule has 0 saturated heterocycles. The van der Waals surface area contributed by atoms with Gasteiger partial charge in [0.05, 0.1) is 11.4 Å². The first-order chi connectivity index (χ1) is 16.8. The molecule has 180 valence electrons. The Kier molecular flexibility index (Phi) is 7.58. The van der Waals surface area contributed by atoms with Gasteiger partial charge in [0.1, 0.15) is 12.6 Å². The standard InChI is InChI=1S/C28H27Cl2N3O2/c1-4-18(3)26-28(35)33(16-25(34)31-20-12-9-17(2)10-13-20)24-14-11-19(29)15-22(24)27(32-26)21-7-5-6-8-23(21)30/h5-15,18,26H,4,16H2,1-3H3,(H,31,34)/t18-,26+/m1/s1. The Hall–Kier alpha value is -3.15. The van der Waals surface area contributed by atoms with Crippen LogP contribution in [0, 0.1) is 12.8 Å². The van der Waals surface area contributed by atoms with Gasteiger partial charge < -0.3 is 10.2 Å². The zero-order chi connectivity index (χ0) is 25.1. The first-order valence-corrected chi connectivity index (χ1v) is 12.3. The minimum absolute atomic E-state index is 0.0487. The molecule has 0 radical (unpaired) electrons. The normalized spacial score (nSPS) is 16.3.